The molecule has 1 aliphatic heterocycles. The van der Waals surface area contributed by atoms with Crippen molar-refractivity contribution < 1.29 is 27.5 Å². The monoisotopic (exact) mass is 381 g/mol. The summed E-state index contributed by atoms with van der Waals surface area (Å²) in [5, 5.41) is 9.52. The van der Waals surface area contributed by atoms with Crippen LogP contribution in [0.25, 0.3) is 0 Å². The van der Waals surface area contributed by atoms with Crippen molar-refractivity contribution in [2.45, 2.75) is 17.3 Å². The highest BCUT2D eigenvalue weighted by Crippen LogP contribution is 2.42. The molecule has 11 heteroatoms. The maximum atomic E-state index is 12.1. The van der Waals surface area contributed by atoms with Crippen LogP contribution in [-0.2, 0) is 14.3 Å². The van der Waals surface area contributed by atoms with Crippen molar-refractivity contribution in [3.05, 3.63) is 10.9 Å². The summed E-state index contributed by atoms with van der Waals surface area (Å²) >= 11 is 2.51. The number of carbonyl (C=O) groups is 2. The lowest BCUT2D eigenvalue weighted by molar-refractivity contribution is -0.137. The van der Waals surface area contributed by atoms with Crippen molar-refractivity contribution in [1.82, 2.24) is 5.32 Å². The maximum Gasteiger partial charge on any atom is 0.405 e. The summed E-state index contributed by atoms with van der Waals surface area (Å²) in [5.41, 5.74) is 0.419. The first-order valence-corrected chi connectivity index (χ1v) is 8.63. The fourth-order valence-corrected chi connectivity index (χ4v) is 4.10. The van der Waals surface area contributed by atoms with Crippen LogP contribution in [0.1, 0.15) is 11.8 Å². The highest BCUT2D eigenvalue weighted by Gasteiger charge is 2.31. The molecule has 2 rings (SSSR count). The molecule has 0 bridgehead atoms. The van der Waals surface area contributed by atoms with Gasteiger partial charge in [0.05, 0.1) is 27.1 Å². The summed E-state index contributed by atoms with van der Waals surface area (Å²) in [5.74, 6) is -1.24. The molecule has 132 valence electrons. The van der Waals surface area contributed by atoms with Crippen LogP contribution in [0.4, 0.5) is 18.9 Å². The first-order valence-electron chi connectivity index (χ1n) is 6.83. The number of fused-ring (bicyclic) bond motifs is 1. The molecule has 2 N–H and O–H groups in total. The van der Waals surface area contributed by atoms with Gasteiger partial charge in [-0.1, -0.05) is 0 Å². The Kier molecular flexibility index (Phi) is 5.75. The second-order valence-electron chi connectivity index (χ2n) is 4.71. The van der Waals surface area contributed by atoms with Gasteiger partial charge in [-0.3, -0.25) is 15.0 Å². The lowest BCUT2D eigenvalue weighted by atomic mass is 10.3. The fourth-order valence-electron chi connectivity index (χ4n) is 1.89. The van der Waals surface area contributed by atoms with E-state index in [-0.39, 0.29) is 17.6 Å². The SMILES string of the molecule is CCOC(=N)c1cc2c(s1)SCC(=O)N2CC(=O)NCC(F)(F)F. The van der Waals surface area contributed by atoms with E-state index in [0.717, 1.165) is 9.11 Å². The molecule has 0 atom stereocenters. The summed E-state index contributed by atoms with van der Waals surface area (Å²) in [6.45, 7) is 0.106. The number of thioether (sulfide) groups is 1. The number of alkyl halides is 3. The van der Waals surface area contributed by atoms with Gasteiger partial charge in [-0.2, -0.15) is 13.2 Å². The van der Waals surface area contributed by atoms with Crippen molar-refractivity contribution in [3.8, 4) is 0 Å². The van der Waals surface area contributed by atoms with Gasteiger partial charge in [0.15, 0.2) is 0 Å². The van der Waals surface area contributed by atoms with Crippen LogP contribution in [0.5, 0.6) is 0 Å². The molecule has 0 spiro atoms. The number of amides is 2. The predicted molar refractivity (Wildman–Crippen MR) is 84.9 cm³/mol. The molecule has 2 heterocycles. The van der Waals surface area contributed by atoms with Crippen LogP contribution in [0.15, 0.2) is 10.3 Å². The van der Waals surface area contributed by atoms with Crippen molar-refractivity contribution in [2.75, 3.05) is 30.3 Å². The van der Waals surface area contributed by atoms with Gasteiger partial charge in [0.1, 0.15) is 13.1 Å². The maximum absolute atomic E-state index is 12.1. The van der Waals surface area contributed by atoms with Gasteiger partial charge >= 0.3 is 6.18 Å². The molecule has 2 amide bonds. The van der Waals surface area contributed by atoms with Gasteiger partial charge in [-0.05, 0) is 13.0 Å². The van der Waals surface area contributed by atoms with Gasteiger partial charge in [0.25, 0.3) is 0 Å². The number of hydrogen-bond acceptors (Lipinski definition) is 6. The van der Waals surface area contributed by atoms with E-state index >= 15 is 0 Å². The number of thiophene rings is 1. The Morgan fingerprint density at radius 1 is 1.50 bits per heavy atom. The summed E-state index contributed by atoms with van der Waals surface area (Å²) in [4.78, 5) is 25.3. The zero-order chi connectivity index (χ0) is 17.9. The Hall–Kier alpha value is -1.75. The molecule has 1 aliphatic rings. The largest absolute Gasteiger partial charge is 0.477 e. The zero-order valence-corrected chi connectivity index (χ0v) is 14.2. The van der Waals surface area contributed by atoms with E-state index in [0.29, 0.717) is 17.2 Å². The van der Waals surface area contributed by atoms with Crippen molar-refractivity contribution in [1.29, 1.82) is 5.41 Å². The summed E-state index contributed by atoms with van der Waals surface area (Å²) in [6, 6.07) is 1.54. The predicted octanol–water partition coefficient (Wildman–Crippen LogP) is 2.23. The second-order valence-corrected chi connectivity index (χ2v) is 7.00. The number of ether oxygens (including phenoxy) is 1. The smallest absolute Gasteiger partial charge is 0.405 e. The first-order chi connectivity index (χ1) is 11.2. The van der Waals surface area contributed by atoms with Crippen LogP contribution in [0.2, 0.25) is 0 Å². The Labute approximate surface area is 143 Å². The number of anilines is 1. The molecular formula is C13H14F3N3O3S2. The third-order valence-electron chi connectivity index (χ3n) is 2.90. The third-order valence-corrected chi connectivity index (χ3v) is 5.28. The Balaban J connectivity index is 2.12. The van der Waals surface area contributed by atoms with Crippen molar-refractivity contribution in [2.24, 2.45) is 0 Å². The molecule has 0 aliphatic carbocycles. The van der Waals surface area contributed by atoms with Gasteiger partial charge in [-0.25, -0.2) is 0 Å². The van der Waals surface area contributed by atoms with Crippen LogP contribution in [-0.4, -0.2) is 49.3 Å². The molecule has 0 radical (unpaired) electrons. The summed E-state index contributed by atoms with van der Waals surface area (Å²) < 4.78 is 42.2. The molecule has 0 aromatic carbocycles. The van der Waals surface area contributed by atoms with Crippen LogP contribution in [0, 0.1) is 5.41 Å². The van der Waals surface area contributed by atoms with Crippen LogP contribution in [0.3, 0.4) is 0 Å². The lowest BCUT2D eigenvalue weighted by Gasteiger charge is -2.25. The number of halogens is 3. The van der Waals surface area contributed by atoms with Crippen LogP contribution >= 0.6 is 23.1 Å². The van der Waals surface area contributed by atoms with E-state index in [1.807, 2.05) is 0 Å². The first kappa shape index (κ1) is 18.6. The lowest BCUT2D eigenvalue weighted by Crippen LogP contribution is -2.45. The number of nitrogens with one attached hydrogen (secondary N) is 2. The molecule has 1 aromatic heterocycles. The van der Waals surface area contributed by atoms with Crippen molar-refractivity contribution >= 4 is 46.5 Å². The molecule has 0 saturated carbocycles. The Morgan fingerprint density at radius 2 is 2.21 bits per heavy atom. The minimum absolute atomic E-state index is 0.0496. The number of hydrogen-bond donors (Lipinski definition) is 2. The highest BCUT2D eigenvalue weighted by atomic mass is 32.2. The molecular weight excluding hydrogens is 367 g/mol. The quantitative estimate of drug-likeness (QED) is 0.605. The van der Waals surface area contributed by atoms with E-state index in [1.54, 1.807) is 18.3 Å². The minimum Gasteiger partial charge on any atom is -0.477 e. The third kappa shape index (κ3) is 4.63. The average Bonchev–Trinajstić information content (AvgIpc) is 2.92. The minimum atomic E-state index is -4.51. The zero-order valence-electron chi connectivity index (χ0n) is 12.5. The highest BCUT2D eigenvalue weighted by molar-refractivity contribution is 8.02. The van der Waals surface area contributed by atoms with Gasteiger partial charge < -0.3 is 15.0 Å². The summed E-state index contributed by atoms with van der Waals surface area (Å²) in [7, 11) is 0. The number of rotatable bonds is 5. The summed E-state index contributed by atoms with van der Waals surface area (Å²) in [6.07, 6.45) is -4.51. The second kappa shape index (κ2) is 7.43. The number of carbonyl (C=O) groups excluding carboxylic acids is 2. The van der Waals surface area contributed by atoms with Crippen LogP contribution < -0.4 is 10.2 Å². The molecule has 6 nitrogen and oxygen atoms in total. The van der Waals surface area contributed by atoms with E-state index in [2.05, 4.69) is 0 Å². The Morgan fingerprint density at radius 3 is 2.83 bits per heavy atom. The van der Waals surface area contributed by atoms with E-state index in [9.17, 15) is 22.8 Å². The molecule has 1 aromatic rings. The van der Waals surface area contributed by atoms with E-state index < -0.39 is 25.2 Å². The number of nitrogens with zero attached hydrogens (tertiary/aromatic N) is 1. The van der Waals surface area contributed by atoms with E-state index in [1.165, 1.54) is 23.1 Å². The molecule has 0 unspecified atom stereocenters. The topological polar surface area (TPSA) is 82.5 Å². The van der Waals surface area contributed by atoms with Crippen molar-refractivity contribution in [3.63, 3.8) is 0 Å². The Bertz CT molecular complexity index is 661. The fraction of sp³-hybridized carbons (Fsp3) is 0.462. The average molecular weight is 381 g/mol. The van der Waals surface area contributed by atoms with E-state index in [4.69, 9.17) is 10.1 Å². The van der Waals surface area contributed by atoms with Gasteiger partial charge in [-0.15, -0.1) is 23.1 Å². The normalized spacial score (nSPS) is 14.3. The molecule has 0 fully saturated rings. The molecule has 24 heavy (non-hydrogen) atoms. The molecule has 0 saturated heterocycles. The standard InChI is InChI=1S/C13H14F3N3O3S2/c1-2-22-11(17)8-3-7-12(24-8)23-5-10(21)19(7)4-9(20)18-6-13(14,15)16/h3,17H,2,4-6H2,1H3,(H,18,20). The van der Waals surface area contributed by atoms with Gasteiger partial charge in [0.2, 0.25) is 17.7 Å². The van der Waals surface area contributed by atoms with Gasteiger partial charge in [0, 0.05) is 0 Å².